The summed E-state index contributed by atoms with van der Waals surface area (Å²) in [6.45, 7) is 1.78. The number of hydrogen-bond acceptors (Lipinski definition) is 5. The van der Waals surface area contributed by atoms with Gasteiger partial charge in [-0.2, -0.15) is 10.2 Å². The van der Waals surface area contributed by atoms with Crippen LogP contribution in [0.3, 0.4) is 0 Å². The Morgan fingerprint density at radius 1 is 1.15 bits per heavy atom. The first kappa shape index (κ1) is 17.2. The normalized spacial score (nSPS) is 10.7. The van der Waals surface area contributed by atoms with E-state index < -0.39 is 0 Å². The summed E-state index contributed by atoms with van der Waals surface area (Å²) in [4.78, 5) is 12.5. The van der Waals surface area contributed by atoms with Crippen molar-refractivity contribution < 1.29 is 9.53 Å². The molecule has 0 atom stereocenters. The summed E-state index contributed by atoms with van der Waals surface area (Å²) < 4.78 is 5.12. The van der Waals surface area contributed by atoms with Crippen LogP contribution in [0.2, 0.25) is 0 Å². The number of aryl methyl sites for hydroxylation is 1. The molecule has 0 unspecified atom stereocenters. The number of aromatic amines is 1. The summed E-state index contributed by atoms with van der Waals surface area (Å²) in [6, 6.07) is 16.7. The molecule has 3 aromatic rings. The maximum Gasteiger partial charge on any atom is 0.261 e. The molecule has 1 aromatic heterocycles. The first-order chi connectivity index (χ1) is 12.7. The summed E-state index contributed by atoms with van der Waals surface area (Å²) in [5.74, 6) is 0.878. The lowest BCUT2D eigenvalue weighted by molar-refractivity contribution is 0.102. The number of ether oxygens (including phenoxy) is 1. The van der Waals surface area contributed by atoms with Gasteiger partial charge in [-0.25, -0.2) is 0 Å². The summed E-state index contributed by atoms with van der Waals surface area (Å²) in [7, 11) is 1.62. The first-order valence-electron chi connectivity index (χ1n) is 8.02. The second kappa shape index (κ2) is 7.98. The second-order valence-corrected chi connectivity index (χ2v) is 5.54. The van der Waals surface area contributed by atoms with Crippen LogP contribution in [-0.4, -0.2) is 29.4 Å². The highest BCUT2D eigenvalue weighted by Crippen LogP contribution is 2.18. The Bertz CT molecular complexity index is 901. The molecule has 132 valence electrons. The zero-order valence-corrected chi connectivity index (χ0v) is 14.5. The molecule has 0 saturated heterocycles. The van der Waals surface area contributed by atoms with Gasteiger partial charge in [0.05, 0.1) is 13.3 Å². The molecule has 7 nitrogen and oxygen atoms in total. The lowest BCUT2D eigenvalue weighted by Gasteiger charge is -2.06. The van der Waals surface area contributed by atoms with Crippen molar-refractivity contribution in [2.24, 2.45) is 5.10 Å². The predicted octanol–water partition coefficient (Wildman–Crippen LogP) is 3.43. The van der Waals surface area contributed by atoms with Crippen molar-refractivity contribution in [1.29, 1.82) is 0 Å². The largest absolute Gasteiger partial charge is 0.497 e. The van der Waals surface area contributed by atoms with Gasteiger partial charge in [0.15, 0.2) is 5.82 Å². The number of nitrogens with zero attached hydrogens (tertiary/aromatic N) is 2. The standard InChI is InChI=1S/C19H19N5O2/c1-13-17(19(25)21-15-6-4-3-5-7-15)18(24-22-13)23-20-12-14-8-10-16(26-2)11-9-14/h3-12H,1-2H3,(H,21,25)(H2,22,23,24)/b20-12+. The monoisotopic (exact) mass is 349 g/mol. The Morgan fingerprint density at radius 3 is 2.58 bits per heavy atom. The molecule has 26 heavy (non-hydrogen) atoms. The maximum atomic E-state index is 12.5. The topological polar surface area (TPSA) is 91.4 Å². The molecule has 0 fully saturated rings. The van der Waals surface area contributed by atoms with E-state index in [-0.39, 0.29) is 5.91 Å². The van der Waals surface area contributed by atoms with Crippen LogP contribution >= 0.6 is 0 Å². The molecule has 0 saturated carbocycles. The van der Waals surface area contributed by atoms with Crippen molar-refractivity contribution in [3.05, 3.63) is 71.4 Å². The van der Waals surface area contributed by atoms with E-state index in [9.17, 15) is 4.79 Å². The Morgan fingerprint density at radius 2 is 1.88 bits per heavy atom. The number of methoxy groups -OCH3 is 1. The average molecular weight is 349 g/mol. The predicted molar refractivity (Wildman–Crippen MR) is 102 cm³/mol. The Labute approximate surface area is 151 Å². The van der Waals surface area contributed by atoms with Crippen molar-refractivity contribution in [3.8, 4) is 5.75 Å². The van der Waals surface area contributed by atoms with Gasteiger partial charge in [0.2, 0.25) is 0 Å². The van der Waals surface area contributed by atoms with Crippen LogP contribution in [0.5, 0.6) is 5.75 Å². The van der Waals surface area contributed by atoms with Gasteiger partial charge >= 0.3 is 0 Å². The number of rotatable bonds is 6. The number of amides is 1. The molecular weight excluding hydrogens is 330 g/mol. The van der Waals surface area contributed by atoms with E-state index in [0.717, 1.165) is 11.3 Å². The van der Waals surface area contributed by atoms with Crippen molar-refractivity contribution in [3.63, 3.8) is 0 Å². The molecule has 7 heteroatoms. The van der Waals surface area contributed by atoms with E-state index in [2.05, 4.69) is 26.0 Å². The van der Waals surface area contributed by atoms with E-state index in [1.54, 1.807) is 20.2 Å². The SMILES string of the molecule is COc1ccc(/C=N/Nc2n[nH]c(C)c2C(=O)Nc2ccccc2)cc1. The molecule has 2 aromatic carbocycles. The highest BCUT2D eigenvalue weighted by atomic mass is 16.5. The number of hydrogen-bond donors (Lipinski definition) is 3. The Hall–Kier alpha value is -3.61. The van der Waals surface area contributed by atoms with Crippen molar-refractivity contribution in [1.82, 2.24) is 10.2 Å². The molecule has 0 radical (unpaired) electrons. The molecule has 0 aliphatic heterocycles. The number of aromatic nitrogens is 2. The van der Waals surface area contributed by atoms with Gasteiger partial charge in [-0.15, -0.1) is 0 Å². The quantitative estimate of drug-likeness (QED) is 0.470. The lowest BCUT2D eigenvalue weighted by atomic mass is 10.2. The third kappa shape index (κ3) is 4.07. The van der Waals surface area contributed by atoms with Gasteiger partial charge in [0, 0.05) is 11.4 Å². The van der Waals surface area contributed by atoms with Crippen LogP contribution in [0, 0.1) is 6.92 Å². The van der Waals surface area contributed by atoms with E-state index in [4.69, 9.17) is 4.74 Å². The van der Waals surface area contributed by atoms with Crippen LogP contribution in [-0.2, 0) is 0 Å². The van der Waals surface area contributed by atoms with Gasteiger partial charge in [-0.1, -0.05) is 18.2 Å². The highest BCUT2D eigenvalue weighted by molar-refractivity contribution is 6.08. The van der Waals surface area contributed by atoms with Gasteiger partial charge in [-0.05, 0) is 48.9 Å². The van der Waals surface area contributed by atoms with Crippen molar-refractivity contribution in [2.45, 2.75) is 6.92 Å². The summed E-state index contributed by atoms with van der Waals surface area (Å²) >= 11 is 0. The molecule has 1 heterocycles. The fraction of sp³-hybridized carbons (Fsp3) is 0.105. The van der Waals surface area contributed by atoms with E-state index >= 15 is 0 Å². The molecule has 0 spiro atoms. The number of nitrogens with one attached hydrogen (secondary N) is 3. The van der Waals surface area contributed by atoms with Crippen LogP contribution < -0.4 is 15.5 Å². The summed E-state index contributed by atoms with van der Waals surface area (Å²) in [6.07, 6.45) is 1.64. The molecule has 1 amide bonds. The van der Waals surface area contributed by atoms with E-state index in [1.165, 1.54) is 0 Å². The second-order valence-electron chi connectivity index (χ2n) is 5.54. The third-order valence-electron chi connectivity index (χ3n) is 3.71. The van der Waals surface area contributed by atoms with Crippen LogP contribution in [0.15, 0.2) is 59.7 Å². The van der Waals surface area contributed by atoms with Crippen molar-refractivity contribution >= 4 is 23.6 Å². The molecule has 3 N–H and O–H groups in total. The summed E-state index contributed by atoms with van der Waals surface area (Å²) in [5.41, 5.74) is 5.49. The highest BCUT2D eigenvalue weighted by Gasteiger charge is 2.18. The number of para-hydroxylation sites is 1. The minimum absolute atomic E-state index is 0.260. The fourth-order valence-corrected chi connectivity index (χ4v) is 2.36. The molecule has 3 rings (SSSR count). The zero-order valence-electron chi connectivity index (χ0n) is 14.5. The third-order valence-corrected chi connectivity index (χ3v) is 3.71. The summed E-state index contributed by atoms with van der Waals surface area (Å²) in [5, 5.41) is 13.9. The van der Waals surface area contributed by atoms with Crippen molar-refractivity contribution in [2.75, 3.05) is 17.9 Å². The minimum atomic E-state index is -0.260. The number of anilines is 2. The number of benzene rings is 2. The molecule has 0 bridgehead atoms. The van der Waals surface area contributed by atoms with Crippen LogP contribution in [0.4, 0.5) is 11.5 Å². The number of hydrazone groups is 1. The Balaban J connectivity index is 1.70. The van der Waals surface area contributed by atoms with Gasteiger partial charge in [0.1, 0.15) is 11.3 Å². The van der Waals surface area contributed by atoms with Crippen LogP contribution in [0.1, 0.15) is 21.6 Å². The van der Waals surface area contributed by atoms with E-state index in [1.807, 2.05) is 54.6 Å². The fourth-order valence-electron chi connectivity index (χ4n) is 2.36. The van der Waals surface area contributed by atoms with Gasteiger partial charge in [0.25, 0.3) is 5.91 Å². The molecular formula is C19H19N5O2. The lowest BCUT2D eigenvalue weighted by Crippen LogP contribution is -2.14. The maximum absolute atomic E-state index is 12.5. The van der Waals surface area contributed by atoms with E-state index in [0.29, 0.717) is 22.8 Å². The number of carbonyl (C=O) groups excluding carboxylic acids is 1. The zero-order chi connectivity index (χ0) is 18.4. The van der Waals surface area contributed by atoms with Crippen LogP contribution in [0.25, 0.3) is 0 Å². The molecule has 0 aliphatic rings. The Kier molecular flexibility index (Phi) is 5.28. The van der Waals surface area contributed by atoms with Gasteiger partial charge < -0.3 is 10.1 Å². The smallest absolute Gasteiger partial charge is 0.261 e. The number of carbonyl (C=O) groups is 1. The first-order valence-corrected chi connectivity index (χ1v) is 8.02. The van der Waals surface area contributed by atoms with Gasteiger partial charge in [-0.3, -0.25) is 15.3 Å². The molecule has 0 aliphatic carbocycles. The number of H-pyrrole nitrogens is 1. The minimum Gasteiger partial charge on any atom is -0.497 e. The average Bonchev–Trinajstić information content (AvgIpc) is 3.04.